The molecule has 0 N–H and O–H groups in total. The first-order valence-corrected chi connectivity index (χ1v) is 8.23. The molecule has 6 heteroatoms. The second-order valence-electron chi connectivity index (χ2n) is 6.26. The average Bonchev–Trinajstić information content (AvgIpc) is 3.11. The highest BCUT2D eigenvalue weighted by molar-refractivity contribution is 5.93. The molecule has 3 aromatic rings. The number of benzene rings is 1. The van der Waals surface area contributed by atoms with Crippen molar-refractivity contribution < 1.29 is 9.21 Å². The lowest BCUT2D eigenvalue weighted by Crippen LogP contribution is -2.29. The molecule has 1 fully saturated rings. The zero-order valence-electron chi connectivity index (χ0n) is 13.8. The van der Waals surface area contributed by atoms with Crippen molar-refractivity contribution in [2.75, 3.05) is 13.1 Å². The van der Waals surface area contributed by atoms with Crippen LogP contribution < -0.4 is 5.43 Å². The summed E-state index contributed by atoms with van der Waals surface area (Å²) in [6, 6.07) is 10.1. The number of aromatic nitrogens is 2. The van der Waals surface area contributed by atoms with Crippen LogP contribution in [-0.4, -0.2) is 33.9 Å². The summed E-state index contributed by atoms with van der Waals surface area (Å²) in [5, 5.41) is 0.478. The molecule has 3 heterocycles. The van der Waals surface area contributed by atoms with Crippen molar-refractivity contribution in [3.63, 3.8) is 0 Å². The number of carbonyl (C=O) groups is 1. The van der Waals surface area contributed by atoms with Crippen molar-refractivity contribution in [2.24, 2.45) is 0 Å². The van der Waals surface area contributed by atoms with Crippen LogP contribution in [0.3, 0.4) is 0 Å². The number of hydrogen-bond donors (Lipinski definition) is 0. The summed E-state index contributed by atoms with van der Waals surface area (Å²) >= 11 is 0. The van der Waals surface area contributed by atoms with E-state index in [1.165, 1.54) is 6.07 Å². The minimum atomic E-state index is -0.266. The molecule has 2 aromatic heterocycles. The van der Waals surface area contributed by atoms with Crippen LogP contribution in [0.4, 0.5) is 0 Å². The average molecular weight is 335 g/mol. The second-order valence-corrected chi connectivity index (χ2v) is 6.26. The Hall–Kier alpha value is -3.02. The van der Waals surface area contributed by atoms with E-state index in [2.05, 4.69) is 9.97 Å². The Bertz CT molecular complexity index is 1010. The van der Waals surface area contributed by atoms with Gasteiger partial charge in [-0.15, -0.1) is 0 Å². The molecular weight excluding hydrogens is 318 g/mol. The van der Waals surface area contributed by atoms with Gasteiger partial charge in [0.05, 0.1) is 5.39 Å². The van der Waals surface area contributed by atoms with Gasteiger partial charge in [0.1, 0.15) is 11.4 Å². The molecule has 0 bridgehead atoms. The molecule has 4 rings (SSSR count). The Morgan fingerprint density at radius 2 is 2.12 bits per heavy atom. The number of hydrogen-bond acceptors (Lipinski definition) is 5. The molecule has 0 unspecified atom stereocenters. The lowest BCUT2D eigenvalue weighted by molar-refractivity contribution is 0.0759. The molecule has 0 spiro atoms. The topological polar surface area (TPSA) is 76.3 Å². The summed E-state index contributed by atoms with van der Waals surface area (Å²) in [5.41, 5.74) is 1.13. The van der Waals surface area contributed by atoms with E-state index in [-0.39, 0.29) is 23.0 Å². The number of para-hydroxylation sites is 1. The van der Waals surface area contributed by atoms with E-state index in [1.54, 1.807) is 35.4 Å². The summed E-state index contributed by atoms with van der Waals surface area (Å²) in [6.45, 7) is 3.04. The highest BCUT2D eigenvalue weighted by atomic mass is 16.3. The SMILES string of the molecule is Cc1ccnc([C@@H]2CCN(C(=O)c3cc(=O)c4ccccc4o3)C2)n1. The van der Waals surface area contributed by atoms with Gasteiger partial charge < -0.3 is 9.32 Å². The third kappa shape index (κ3) is 2.91. The van der Waals surface area contributed by atoms with Gasteiger partial charge in [-0.1, -0.05) is 12.1 Å². The van der Waals surface area contributed by atoms with E-state index in [4.69, 9.17) is 4.42 Å². The van der Waals surface area contributed by atoms with Gasteiger partial charge in [-0.25, -0.2) is 9.97 Å². The number of aryl methyl sites for hydroxylation is 1. The van der Waals surface area contributed by atoms with E-state index in [1.807, 2.05) is 13.0 Å². The number of amides is 1. The van der Waals surface area contributed by atoms with Gasteiger partial charge in [-0.2, -0.15) is 0 Å². The molecule has 1 aliphatic rings. The zero-order valence-corrected chi connectivity index (χ0v) is 13.8. The first-order valence-electron chi connectivity index (χ1n) is 8.23. The Morgan fingerprint density at radius 1 is 1.28 bits per heavy atom. The molecule has 126 valence electrons. The van der Waals surface area contributed by atoms with Gasteiger partial charge in [0.25, 0.3) is 5.91 Å². The van der Waals surface area contributed by atoms with E-state index >= 15 is 0 Å². The molecular formula is C19H17N3O3. The molecule has 1 aromatic carbocycles. The fourth-order valence-electron chi connectivity index (χ4n) is 3.19. The van der Waals surface area contributed by atoms with Gasteiger partial charge in [-0.3, -0.25) is 9.59 Å². The van der Waals surface area contributed by atoms with Gasteiger partial charge in [0.2, 0.25) is 0 Å². The predicted octanol–water partition coefficient (Wildman–Crippen LogP) is 2.52. The number of fused-ring (bicyclic) bond motifs is 1. The Morgan fingerprint density at radius 3 is 2.96 bits per heavy atom. The normalized spacial score (nSPS) is 17.2. The van der Waals surface area contributed by atoms with Crippen LogP contribution >= 0.6 is 0 Å². The van der Waals surface area contributed by atoms with Gasteiger partial charge in [0, 0.05) is 37.0 Å². The fourth-order valence-corrected chi connectivity index (χ4v) is 3.19. The van der Waals surface area contributed by atoms with Crippen LogP contribution in [-0.2, 0) is 0 Å². The van der Waals surface area contributed by atoms with Crippen molar-refractivity contribution in [1.82, 2.24) is 14.9 Å². The minimum Gasteiger partial charge on any atom is -0.451 e. The molecule has 1 amide bonds. The summed E-state index contributed by atoms with van der Waals surface area (Å²) in [6.07, 6.45) is 2.54. The number of rotatable bonds is 2. The van der Waals surface area contributed by atoms with Gasteiger partial charge in [0.15, 0.2) is 11.2 Å². The molecule has 1 saturated heterocycles. The third-order valence-corrected chi connectivity index (χ3v) is 4.50. The Balaban J connectivity index is 1.59. The van der Waals surface area contributed by atoms with Crippen molar-refractivity contribution in [1.29, 1.82) is 0 Å². The zero-order chi connectivity index (χ0) is 17.4. The molecule has 0 aliphatic carbocycles. The maximum Gasteiger partial charge on any atom is 0.289 e. The largest absolute Gasteiger partial charge is 0.451 e. The Labute approximate surface area is 144 Å². The van der Waals surface area contributed by atoms with Crippen molar-refractivity contribution >= 4 is 16.9 Å². The van der Waals surface area contributed by atoms with Gasteiger partial charge in [-0.05, 0) is 31.5 Å². The summed E-state index contributed by atoms with van der Waals surface area (Å²) < 4.78 is 5.65. The first-order chi connectivity index (χ1) is 12.1. The van der Waals surface area contributed by atoms with Crippen molar-refractivity contribution in [3.8, 4) is 0 Å². The van der Waals surface area contributed by atoms with Crippen LogP contribution in [0, 0.1) is 6.92 Å². The number of carbonyl (C=O) groups excluding carboxylic acids is 1. The number of likely N-dealkylation sites (tertiary alicyclic amines) is 1. The van der Waals surface area contributed by atoms with E-state index in [0.29, 0.717) is 24.1 Å². The minimum absolute atomic E-state index is 0.0783. The molecule has 6 nitrogen and oxygen atoms in total. The Kier molecular flexibility index (Phi) is 3.80. The monoisotopic (exact) mass is 335 g/mol. The van der Waals surface area contributed by atoms with E-state index in [9.17, 15) is 9.59 Å². The van der Waals surface area contributed by atoms with Crippen LogP contribution in [0.15, 0.2) is 51.8 Å². The van der Waals surface area contributed by atoms with Crippen LogP contribution in [0.5, 0.6) is 0 Å². The fraction of sp³-hybridized carbons (Fsp3) is 0.263. The van der Waals surface area contributed by atoms with Crippen molar-refractivity contribution in [2.45, 2.75) is 19.3 Å². The standard InChI is InChI=1S/C19H17N3O3/c1-12-6-8-20-18(21-12)13-7-9-22(11-13)19(24)17-10-15(23)14-4-2-3-5-16(14)25-17/h2-6,8,10,13H,7,9,11H2,1H3/t13-/m1/s1. The van der Waals surface area contributed by atoms with Crippen molar-refractivity contribution in [3.05, 3.63) is 70.1 Å². The van der Waals surface area contributed by atoms with Crippen LogP contribution in [0.2, 0.25) is 0 Å². The molecule has 0 saturated carbocycles. The smallest absolute Gasteiger partial charge is 0.289 e. The first kappa shape index (κ1) is 15.5. The third-order valence-electron chi connectivity index (χ3n) is 4.50. The highest BCUT2D eigenvalue weighted by Crippen LogP contribution is 2.26. The maximum atomic E-state index is 12.7. The summed E-state index contributed by atoms with van der Waals surface area (Å²) in [5.74, 6) is 0.679. The molecule has 1 atom stereocenters. The molecule has 25 heavy (non-hydrogen) atoms. The van der Waals surface area contributed by atoms with E-state index in [0.717, 1.165) is 17.9 Å². The number of nitrogens with zero attached hydrogens (tertiary/aromatic N) is 3. The quantitative estimate of drug-likeness (QED) is 0.719. The second kappa shape index (κ2) is 6.12. The van der Waals surface area contributed by atoms with Gasteiger partial charge >= 0.3 is 0 Å². The maximum absolute atomic E-state index is 12.7. The predicted molar refractivity (Wildman–Crippen MR) is 92.5 cm³/mol. The van der Waals surface area contributed by atoms with Crippen LogP contribution in [0.1, 0.15) is 34.4 Å². The summed E-state index contributed by atoms with van der Waals surface area (Å²) in [7, 11) is 0. The summed E-state index contributed by atoms with van der Waals surface area (Å²) in [4.78, 5) is 35.4. The van der Waals surface area contributed by atoms with E-state index < -0.39 is 0 Å². The highest BCUT2D eigenvalue weighted by Gasteiger charge is 2.31. The lowest BCUT2D eigenvalue weighted by atomic mass is 10.1. The molecule has 0 radical (unpaired) electrons. The lowest BCUT2D eigenvalue weighted by Gasteiger charge is -2.15. The molecule has 1 aliphatic heterocycles. The van der Waals surface area contributed by atoms with Crippen LogP contribution in [0.25, 0.3) is 11.0 Å².